The number of fused-ring (bicyclic) bond motifs is 1. The Morgan fingerprint density at radius 3 is 2.85 bits per heavy atom. The van der Waals surface area contributed by atoms with E-state index in [1.54, 1.807) is 0 Å². The zero-order valence-electron chi connectivity index (χ0n) is 12.5. The second kappa shape index (κ2) is 6.04. The first-order valence-electron chi connectivity index (χ1n) is 7.85. The second-order valence-corrected chi connectivity index (χ2v) is 6.17. The van der Waals surface area contributed by atoms with Gasteiger partial charge >= 0.3 is 0 Å². The van der Waals surface area contributed by atoms with Gasteiger partial charge < -0.3 is 14.8 Å². The number of para-hydroxylation sites is 1. The van der Waals surface area contributed by atoms with Gasteiger partial charge in [-0.3, -0.25) is 0 Å². The lowest BCUT2D eigenvalue weighted by Gasteiger charge is -2.35. The van der Waals surface area contributed by atoms with Crippen molar-refractivity contribution in [1.29, 1.82) is 0 Å². The molecule has 1 heterocycles. The Labute approximate surface area is 121 Å². The van der Waals surface area contributed by atoms with Crippen LogP contribution >= 0.6 is 0 Å². The summed E-state index contributed by atoms with van der Waals surface area (Å²) in [6.45, 7) is 3.68. The Morgan fingerprint density at radius 1 is 1.20 bits per heavy atom. The van der Waals surface area contributed by atoms with Gasteiger partial charge in [-0.15, -0.1) is 0 Å². The molecule has 1 saturated carbocycles. The summed E-state index contributed by atoms with van der Waals surface area (Å²) in [5.41, 5.74) is 1.27. The molecule has 0 aromatic heterocycles. The molecular weight excluding hydrogens is 250 g/mol. The summed E-state index contributed by atoms with van der Waals surface area (Å²) < 4.78 is 11.6. The molecule has 3 nitrogen and oxygen atoms in total. The molecule has 20 heavy (non-hydrogen) atoms. The van der Waals surface area contributed by atoms with E-state index >= 15 is 0 Å². The monoisotopic (exact) mass is 275 g/mol. The van der Waals surface area contributed by atoms with Gasteiger partial charge in [0.2, 0.25) is 0 Å². The van der Waals surface area contributed by atoms with E-state index in [0.29, 0.717) is 25.2 Å². The molecule has 3 unspecified atom stereocenters. The van der Waals surface area contributed by atoms with Gasteiger partial charge in [-0.2, -0.15) is 0 Å². The Morgan fingerprint density at radius 2 is 2.05 bits per heavy atom. The van der Waals surface area contributed by atoms with Crippen molar-refractivity contribution in [2.24, 2.45) is 11.8 Å². The fourth-order valence-electron chi connectivity index (χ4n) is 3.77. The molecule has 0 saturated heterocycles. The molecule has 1 fully saturated rings. The molecule has 1 aromatic rings. The predicted molar refractivity (Wildman–Crippen MR) is 80.4 cm³/mol. The highest BCUT2D eigenvalue weighted by Crippen LogP contribution is 2.43. The average Bonchev–Trinajstić information content (AvgIpc) is 2.48. The smallest absolute Gasteiger partial charge is 0.166 e. The quantitative estimate of drug-likeness (QED) is 0.915. The third-order valence-corrected chi connectivity index (χ3v) is 4.69. The number of ether oxygens (including phenoxy) is 2. The van der Waals surface area contributed by atoms with E-state index in [2.05, 4.69) is 31.4 Å². The number of hydrogen-bond donors (Lipinski definition) is 1. The van der Waals surface area contributed by atoms with Crippen LogP contribution < -0.4 is 14.8 Å². The zero-order chi connectivity index (χ0) is 13.9. The highest BCUT2D eigenvalue weighted by atomic mass is 16.6. The fraction of sp³-hybridized carbons (Fsp3) is 0.647. The summed E-state index contributed by atoms with van der Waals surface area (Å²) in [5, 5.41) is 3.52. The summed E-state index contributed by atoms with van der Waals surface area (Å²) in [5.74, 6) is 3.39. The van der Waals surface area contributed by atoms with Gasteiger partial charge in [0.05, 0.1) is 0 Å². The molecule has 110 valence electrons. The molecule has 2 aliphatic rings. The number of rotatable bonds is 3. The molecule has 1 aromatic carbocycles. The maximum absolute atomic E-state index is 5.89. The summed E-state index contributed by atoms with van der Waals surface area (Å²) in [4.78, 5) is 0. The van der Waals surface area contributed by atoms with Crippen LogP contribution in [0.15, 0.2) is 18.2 Å². The number of benzene rings is 1. The topological polar surface area (TPSA) is 30.5 Å². The standard InChI is InChI=1S/C17H25NO2/c1-12-5-3-6-13(11-12)16(18-2)14-7-4-8-15-17(14)20-10-9-19-15/h4,7-8,12-13,16,18H,3,5-6,9-11H2,1-2H3. The van der Waals surface area contributed by atoms with Gasteiger partial charge in [0, 0.05) is 11.6 Å². The van der Waals surface area contributed by atoms with Crippen molar-refractivity contribution in [3.05, 3.63) is 23.8 Å². The third kappa shape index (κ3) is 2.64. The van der Waals surface area contributed by atoms with E-state index in [-0.39, 0.29) is 0 Å². The Hall–Kier alpha value is -1.22. The van der Waals surface area contributed by atoms with Crippen molar-refractivity contribution in [3.8, 4) is 11.5 Å². The van der Waals surface area contributed by atoms with E-state index < -0.39 is 0 Å². The first-order valence-corrected chi connectivity index (χ1v) is 7.85. The Kier molecular flexibility index (Phi) is 4.16. The molecular formula is C17H25NO2. The van der Waals surface area contributed by atoms with Crippen LogP contribution in [0.2, 0.25) is 0 Å². The largest absolute Gasteiger partial charge is 0.486 e. The van der Waals surface area contributed by atoms with Crippen LogP contribution in [-0.4, -0.2) is 20.3 Å². The lowest BCUT2D eigenvalue weighted by atomic mass is 9.76. The van der Waals surface area contributed by atoms with Gasteiger partial charge in [-0.05, 0) is 37.8 Å². The lowest BCUT2D eigenvalue weighted by molar-refractivity contribution is 0.164. The molecule has 3 atom stereocenters. The van der Waals surface area contributed by atoms with Crippen molar-refractivity contribution >= 4 is 0 Å². The minimum Gasteiger partial charge on any atom is -0.486 e. The van der Waals surface area contributed by atoms with E-state index in [0.717, 1.165) is 17.4 Å². The van der Waals surface area contributed by atoms with Gasteiger partial charge in [0.1, 0.15) is 13.2 Å². The molecule has 3 rings (SSSR count). The summed E-state index contributed by atoms with van der Waals surface area (Å²) in [7, 11) is 2.06. The van der Waals surface area contributed by atoms with E-state index in [1.165, 1.54) is 31.2 Å². The highest BCUT2D eigenvalue weighted by molar-refractivity contribution is 5.49. The minimum atomic E-state index is 0.370. The summed E-state index contributed by atoms with van der Waals surface area (Å²) in [6.07, 6.45) is 5.33. The SMILES string of the molecule is CNC(c1cccc2c1OCCO2)C1CCCC(C)C1. The van der Waals surface area contributed by atoms with Crippen LogP contribution in [-0.2, 0) is 0 Å². The highest BCUT2D eigenvalue weighted by Gasteiger charge is 2.30. The van der Waals surface area contributed by atoms with E-state index in [1.807, 2.05) is 6.07 Å². The third-order valence-electron chi connectivity index (χ3n) is 4.69. The number of nitrogens with one attached hydrogen (secondary N) is 1. The molecule has 3 heteroatoms. The minimum absolute atomic E-state index is 0.370. The second-order valence-electron chi connectivity index (χ2n) is 6.17. The molecule has 0 spiro atoms. The first-order chi connectivity index (χ1) is 9.79. The van der Waals surface area contributed by atoms with Crippen LogP contribution in [0.25, 0.3) is 0 Å². The summed E-state index contributed by atoms with van der Waals surface area (Å²) in [6, 6.07) is 6.65. The van der Waals surface area contributed by atoms with Crippen molar-refractivity contribution in [3.63, 3.8) is 0 Å². The molecule has 1 aliphatic carbocycles. The Balaban J connectivity index is 1.89. The Bertz CT molecular complexity index is 460. The maximum Gasteiger partial charge on any atom is 0.166 e. The fourth-order valence-corrected chi connectivity index (χ4v) is 3.77. The van der Waals surface area contributed by atoms with Crippen LogP contribution in [0.4, 0.5) is 0 Å². The molecule has 1 aliphatic heterocycles. The predicted octanol–water partition coefficient (Wildman–Crippen LogP) is 3.54. The molecule has 1 N–H and O–H groups in total. The van der Waals surface area contributed by atoms with Gasteiger partial charge in [-0.25, -0.2) is 0 Å². The van der Waals surface area contributed by atoms with Gasteiger partial charge in [-0.1, -0.05) is 31.9 Å². The van der Waals surface area contributed by atoms with Crippen molar-refractivity contribution < 1.29 is 9.47 Å². The van der Waals surface area contributed by atoms with Gasteiger partial charge in [0.15, 0.2) is 11.5 Å². The van der Waals surface area contributed by atoms with Crippen LogP contribution in [0.5, 0.6) is 11.5 Å². The van der Waals surface area contributed by atoms with Gasteiger partial charge in [0.25, 0.3) is 0 Å². The van der Waals surface area contributed by atoms with E-state index in [9.17, 15) is 0 Å². The molecule has 0 amide bonds. The van der Waals surface area contributed by atoms with Crippen molar-refractivity contribution in [2.75, 3.05) is 20.3 Å². The van der Waals surface area contributed by atoms with Crippen LogP contribution in [0.1, 0.15) is 44.2 Å². The molecule has 0 radical (unpaired) electrons. The normalized spacial score (nSPS) is 27.1. The zero-order valence-corrected chi connectivity index (χ0v) is 12.5. The van der Waals surface area contributed by atoms with E-state index in [4.69, 9.17) is 9.47 Å². The average molecular weight is 275 g/mol. The molecule has 0 bridgehead atoms. The van der Waals surface area contributed by atoms with Crippen molar-refractivity contribution in [2.45, 2.75) is 38.6 Å². The number of hydrogen-bond acceptors (Lipinski definition) is 3. The van der Waals surface area contributed by atoms with Crippen molar-refractivity contribution in [1.82, 2.24) is 5.32 Å². The van der Waals surface area contributed by atoms with Crippen LogP contribution in [0, 0.1) is 11.8 Å². The maximum atomic E-state index is 5.89. The first kappa shape index (κ1) is 13.7. The van der Waals surface area contributed by atoms with Crippen LogP contribution in [0.3, 0.4) is 0 Å². The summed E-state index contributed by atoms with van der Waals surface area (Å²) >= 11 is 0. The lowest BCUT2D eigenvalue weighted by Crippen LogP contribution is -2.30.